The standard InChI is InChI=1S/C22H21N3O5/c26-18(13-25-21(28)16-7-3-4-8-17(16)22(25)29)30-19(14-9-11-23-12-10-14)20(27)24-15-5-1-2-6-15/h3-4,7-12,15,19H,1-2,5-6,13H2,(H,24,27)/t19-/m1/s1. The Bertz CT molecular complexity index is 950. The van der Waals surface area contributed by atoms with Crippen LogP contribution >= 0.6 is 0 Å². The zero-order chi connectivity index (χ0) is 21.1. The minimum atomic E-state index is -1.18. The van der Waals surface area contributed by atoms with E-state index >= 15 is 0 Å². The highest BCUT2D eigenvalue weighted by Crippen LogP contribution is 2.24. The summed E-state index contributed by atoms with van der Waals surface area (Å²) in [6, 6.07) is 9.61. The normalized spacial score (nSPS) is 17.0. The first-order valence-corrected chi connectivity index (χ1v) is 9.89. The summed E-state index contributed by atoms with van der Waals surface area (Å²) in [6.07, 6.45) is 5.69. The number of carbonyl (C=O) groups excluding carboxylic acids is 4. The van der Waals surface area contributed by atoms with Crippen molar-refractivity contribution in [3.63, 3.8) is 0 Å². The summed E-state index contributed by atoms with van der Waals surface area (Å²) in [6.45, 7) is -0.565. The van der Waals surface area contributed by atoms with Crippen molar-refractivity contribution >= 4 is 23.7 Å². The molecule has 154 valence electrons. The fraction of sp³-hybridized carbons (Fsp3) is 0.318. The van der Waals surface area contributed by atoms with Gasteiger partial charge in [-0.1, -0.05) is 25.0 Å². The Morgan fingerprint density at radius 3 is 2.23 bits per heavy atom. The number of ether oxygens (including phenoxy) is 1. The smallest absolute Gasteiger partial charge is 0.327 e. The number of hydrogen-bond donors (Lipinski definition) is 1. The summed E-state index contributed by atoms with van der Waals surface area (Å²) < 4.78 is 5.44. The molecule has 8 heteroatoms. The number of benzene rings is 1. The van der Waals surface area contributed by atoms with Crippen LogP contribution < -0.4 is 5.32 Å². The highest BCUT2D eigenvalue weighted by Gasteiger charge is 2.37. The molecule has 2 aromatic rings. The number of nitrogens with zero attached hydrogens (tertiary/aromatic N) is 2. The lowest BCUT2D eigenvalue weighted by Crippen LogP contribution is -2.40. The Morgan fingerprint density at radius 1 is 1.03 bits per heavy atom. The number of pyridine rings is 1. The summed E-state index contributed by atoms with van der Waals surface area (Å²) >= 11 is 0. The zero-order valence-corrected chi connectivity index (χ0v) is 16.2. The molecule has 1 fully saturated rings. The maximum Gasteiger partial charge on any atom is 0.327 e. The summed E-state index contributed by atoms with van der Waals surface area (Å²) in [7, 11) is 0. The first-order valence-electron chi connectivity index (χ1n) is 9.89. The Morgan fingerprint density at radius 2 is 1.63 bits per heavy atom. The van der Waals surface area contributed by atoms with Gasteiger partial charge in [0.2, 0.25) is 6.10 Å². The van der Waals surface area contributed by atoms with Gasteiger partial charge < -0.3 is 10.1 Å². The fourth-order valence-electron chi connectivity index (χ4n) is 3.84. The van der Waals surface area contributed by atoms with Crippen molar-refractivity contribution in [1.82, 2.24) is 15.2 Å². The molecular weight excluding hydrogens is 386 g/mol. The third-order valence-corrected chi connectivity index (χ3v) is 5.36. The van der Waals surface area contributed by atoms with Gasteiger partial charge in [0.05, 0.1) is 11.1 Å². The molecule has 1 aromatic heterocycles. The second-order valence-electron chi connectivity index (χ2n) is 7.38. The molecule has 1 atom stereocenters. The van der Waals surface area contributed by atoms with Gasteiger partial charge in [0, 0.05) is 24.0 Å². The van der Waals surface area contributed by atoms with Gasteiger partial charge in [-0.05, 0) is 37.1 Å². The predicted octanol–water partition coefficient (Wildman–Crippen LogP) is 2.02. The molecule has 3 amide bonds. The van der Waals surface area contributed by atoms with Gasteiger partial charge >= 0.3 is 5.97 Å². The van der Waals surface area contributed by atoms with E-state index in [4.69, 9.17) is 4.74 Å². The predicted molar refractivity (Wildman–Crippen MR) is 105 cm³/mol. The number of hydrogen-bond acceptors (Lipinski definition) is 6. The number of aromatic nitrogens is 1. The molecule has 1 aliphatic carbocycles. The highest BCUT2D eigenvalue weighted by molar-refractivity contribution is 6.22. The van der Waals surface area contributed by atoms with E-state index in [9.17, 15) is 19.2 Å². The summed E-state index contributed by atoms with van der Waals surface area (Å²) in [5.41, 5.74) is 0.969. The Labute approximate surface area is 173 Å². The number of esters is 1. The third kappa shape index (κ3) is 3.94. The van der Waals surface area contributed by atoms with Crippen LogP contribution in [0.25, 0.3) is 0 Å². The second kappa shape index (κ2) is 8.44. The van der Waals surface area contributed by atoms with E-state index in [2.05, 4.69) is 10.3 Å². The van der Waals surface area contributed by atoms with Crippen LogP contribution in [0.1, 0.15) is 58.1 Å². The van der Waals surface area contributed by atoms with E-state index in [0.29, 0.717) is 5.56 Å². The van der Waals surface area contributed by atoms with Crippen molar-refractivity contribution in [2.75, 3.05) is 6.54 Å². The van der Waals surface area contributed by atoms with Gasteiger partial charge in [0.15, 0.2) is 0 Å². The largest absolute Gasteiger partial charge is 0.446 e. The molecule has 1 saturated carbocycles. The third-order valence-electron chi connectivity index (χ3n) is 5.36. The Kier molecular flexibility index (Phi) is 5.56. The molecule has 0 spiro atoms. The van der Waals surface area contributed by atoms with Crippen LogP contribution in [0.2, 0.25) is 0 Å². The molecule has 0 unspecified atom stereocenters. The number of fused-ring (bicyclic) bond motifs is 1. The van der Waals surface area contributed by atoms with Gasteiger partial charge in [-0.3, -0.25) is 29.1 Å². The molecule has 1 N–H and O–H groups in total. The maximum absolute atomic E-state index is 12.8. The number of imide groups is 1. The molecule has 1 aromatic carbocycles. The van der Waals surface area contributed by atoms with Gasteiger partial charge in [-0.15, -0.1) is 0 Å². The van der Waals surface area contributed by atoms with Crippen molar-refractivity contribution in [3.8, 4) is 0 Å². The minimum Gasteiger partial charge on any atom is -0.446 e. The zero-order valence-electron chi connectivity index (χ0n) is 16.2. The summed E-state index contributed by atoms with van der Waals surface area (Å²) in [4.78, 5) is 55.1. The van der Waals surface area contributed by atoms with Gasteiger partial charge in [0.25, 0.3) is 17.7 Å². The Hall–Kier alpha value is -3.55. The van der Waals surface area contributed by atoms with Gasteiger partial charge in [0.1, 0.15) is 6.54 Å². The lowest BCUT2D eigenvalue weighted by Gasteiger charge is -2.21. The minimum absolute atomic E-state index is 0.0526. The highest BCUT2D eigenvalue weighted by atomic mass is 16.5. The van der Waals surface area contributed by atoms with Crippen molar-refractivity contribution in [1.29, 1.82) is 0 Å². The van der Waals surface area contributed by atoms with Crippen molar-refractivity contribution in [3.05, 3.63) is 65.5 Å². The van der Waals surface area contributed by atoms with Gasteiger partial charge in [-0.2, -0.15) is 0 Å². The number of carbonyl (C=O) groups is 4. The molecule has 0 bridgehead atoms. The van der Waals surface area contributed by atoms with Crippen LogP contribution in [0.15, 0.2) is 48.8 Å². The van der Waals surface area contributed by atoms with E-state index in [1.54, 1.807) is 24.3 Å². The van der Waals surface area contributed by atoms with Crippen LogP contribution in [-0.2, 0) is 14.3 Å². The van der Waals surface area contributed by atoms with E-state index in [-0.39, 0.29) is 17.2 Å². The van der Waals surface area contributed by atoms with Crippen molar-refractivity contribution in [2.45, 2.75) is 37.8 Å². The van der Waals surface area contributed by atoms with Crippen LogP contribution in [0.5, 0.6) is 0 Å². The first-order chi connectivity index (χ1) is 14.5. The topological polar surface area (TPSA) is 106 Å². The SMILES string of the molecule is O=C(CN1C(=O)c2ccccc2C1=O)O[C@@H](C(=O)NC1CCCC1)c1ccncc1. The maximum atomic E-state index is 12.8. The lowest BCUT2D eigenvalue weighted by atomic mass is 10.1. The Balaban J connectivity index is 1.47. The van der Waals surface area contributed by atoms with E-state index in [0.717, 1.165) is 30.6 Å². The number of amides is 3. The van der Waals surface area contributed by atoms with Crippen LogP contribution in [0.3, 0.4) is 0 Å². The molecule has 1 aliphatic heterocycles. The van der Waals surface area contributed by atoms with Crippen molar-refractivity contribution in [2.24, 2.45) is 0 Å². The molecule has 4 rings (SSSR count). The summed E-state index contributed by atoms with van der Waals surface area (Å²) in [5.74, 6) is -2.37. The second-order valence-corrected chi connectivity index (χ2v) is 7.38. The molecule has 8 nitrogen and oxygen atoms in total. The monoisotopic (exact) mass is 407 g/mol. The van der Waals surface area contributed by atoms with E-state index in [1.165, 1.54) is 24.5 Å². The fourth-order valence-corrected chi connectivity index (χ4v) is 3.84. The average molecular weight is 407 g/mol. The van der Waals surface area contributed by atoms with E-state index in [1.807, 2.05) is 0 Å². The lowest BCUT2D eigenvalue weighted by molar-refractivity contribution is -0.156. The van der Waals surface area contributed by atoms with Crippen LogP contribution in [0, 0.1) is 0 Å². The molecular formula is C22H21N3O5. The van der Waals surface area contributed by atoms with Crippen LogP contribution in [0.4, 0.5) is 0 Å². The molecule has 2 heterocycles. The quantitative estimate of drug-likeness (QED) is 0.580. The molecule has 30 heavy (non-hydrogen) atoms. The van der Waals surface area contributed by atoms with Gasteiger partial charge in [-0.25, -0.2) is 0 Å². The molecule has 0 radical (unpaired) electrons. The van der Waals surface area contributed by atoms with E-state index < -0.39 is 36.3 Å². The number of rotatable bonds is 6. The van der Waals surface area contributed by atoms with Crippen LogP contribution in [-0.4, -0.2) is 46.2 Å². The van der Waals surface area contributed by atoms with Crippen molar-refractivity contribution < 1.29 is 23.9 Å². The number of nitrogens with one attached hydrogen (secondary N) is 1. The molecule has 2 aliphatic rings. The first kappa shape index (κ1) is 19.8. The average Bonchev–Trinajstić information content (AvgIpc) is 3.35. The summed E-state index contributed by atoms with van der Waals surface area (Å²) in [5, 5.41) is 2.92. The molecule has 0 saturated heterocycles.